The van der Waals surface area contributed by atoms with Gasteiger partial charge < -0.3 is 9.64 Å². The van der Waals surface area contributed by atoms with Crippen LogP contribution in [-0.4, -0.2) is 42.7 Å². The van der Waals surface area contributed by atoms with Crippen LogP contribution in [0.5, 0.6) is 0 Å². The van der Waals surface area contributed by atoms with E-state index in [9.17, 15) is 14.0 Å². The summed E-state index contributed by atoms with van der Waals surface area (Å²) in [5, 5.41) is 0. The Hall–Kier alpha value is -1.56. The second-order valence-electron chi connectivity index (χ2n) is 5.23. The summed E-state index contributed by atoms with van der Waals surface area (Å²) in [6.45, 7) is 1.22. The topological polar surface area (TPSA) is 46.6 Å². The van der Waals surface area contributed by atoms with Crippen molar-refractivity contribution >= 4 is 23.6 Å². The summed E-state index contributed by atoms with van der Waals surface area (Å²) in [4.78, 5) is 26.3. The Labute approximate surface area is 134 Å². The van der Waals surface area contributed by atoms with Crippen LogP contribution in [0.4, 0.5) is 4.39 Å². The van der Waals surface area contributed by atoms with E-state index in [0.29, 0.717) is 38.1 Å². The quantitative estimate of drug-likeness (QED) is 0.617. The molecule has 1 aromatic carbocycles. The second-order valence-corrected chi connectivity index (χ2v) is 6.40. The Morgan fingerprint density at radius 1 is 1.27 bits per heavy atom. The molecule has 1 saturated heterocycles. The monoisotopic (exact) mass is 325 g/mol. The molecule has 0 aliphatic carbocycles. The summed E-state index contributed by atoms with van der Waals surface area (Å²) >= 11 is 1.54. The minimum absolute atomic E-state index is 0.0809. The van der Waals surface area contributed by atoms with E-state index in [0.717, 1.165) is 4.90 Å². The zero-order valence-electron chi connectivity index (χ0n) is 12.6. The van der Waals surface area contributed by atoms with E-state index in [2.05, 4.69) is 0 Å². The molecule has 0 spiro atoms. The number of esters is 1. The number of amides is 1. The van der Waals surface area contributed by atoms with Crippen LogP contribution >= 0.6 is 11.8 Å². The summed E-state index contributed by atoms with van der Waals surface area (Å²) in [6, 6.07) is 6.27. The van der Waals surface area contributed by atoms with Crippen LogP contribution in [0, 0.1) is 11.7 Å². The number of piperidine rings is 1. The number of carbonyl (C=O) groups is 2. The van der Waals surface area contributed by atoms with Crippen LogP contribution in [0.1, 0.15) is 19.3 Å². The van der Waals surface area contributed by atoms with Crippen molar-refractivity contribution in [2.24, 2.45) is 5.92 Å². The summed E-state index contributed by atoms with van der Waals surface area (Å²) in [6.07, 6.45) is 1.79. The minimum Gasteiger partial charge on any atom is -0.469 e. The van der Waals surface area contributed by atoms with Gasteiger partial charge in [-0.3, -0.25) is 9.59 Å². The molecule has 0 radical (unpaired) electrons. The number of carbonyl (C=O) groups excluding carboxylic acids is 2. The number of benzene rings is 1. The average Bonchev–Trinajstić information content (AvgIpc) is 2.56. The van der Waals surface area contributed by atoms with Gasteiger partial charge in [0.15, 0.2) is 0 Å². The average molecular weight is 325 g/mol. The van der Waals surface area contributed by atoms with Crippen molar-refractivity contribution in [2.75, 3.05) is 26.0 Å². The van der Waals surface area contributed by atoms with Crippen LogP contribution in [0.2, 0.25) is 0 Å². The molecule has 1 heterocycles. The van der Waals surface area contributed by atoms with Crippen molar-refractivity contribution < 1.29 is 18.7 Å². The molecule has 2 rings (SSSR count). The largest absolute Gasteiger partial charge is 0.469 e. The van der Waals surface area contributed by atoms with Crippen molar-refractivity contribution in [1.29, 1.82) is 0 Å². The molecular formula is C16H20FNO3S. The Kier molecular flexibility index (Phi) is 6.24. The maximum Gasteiger partial charge on any atom is 0.308 e. The molecule has 0 saturated carbocycles. The van der Waals surface area contributed by atoms with Crippen LogP contribution < -0.4 is 0 Å². The molecule has 4 nitrogen and oxygen atoms in total. The fraction of sp³-hybridized carbons (Fsp3) is 0.500. The minimum atomic E-state index is -0.256. The number of nitrogens with zero attached hydrogens (tertiary/aromatic N) is 1. The SMILES string of the molecule is COC(=O)C1CCN(C(=O)CCSc2ccc(F)cc2)CC1. The standard InChI is InChI=1S/C16H20FNO3S/c1-21-16(20)12-6-9-18(10-7-12)15(19)8-11-22-14-4-2-13(17)3-5-14/h2-5,12H,6-11H2,1H3. The fourth-order valence-corrected chi connectivity index (χ4v) is 3.32. The molecule has 1 aliphatic heterocycles. The van der Waals surface area contributed by atoms with Crippen LogP contribution in [0.15, 0.2) is 29.2 Å². The zero-order chi connectivity index (χ0) is 15.9. The van der Waals surface area contributed by atoms with Gasteiger partial charge >= 0.3 is 5.97 Å². The maximum atomic E-state index is 12.8. The first kappa shape index (κ1) is 16.8. The Morgan fingerprint density at radius 2 is 1.91 bits per heavy atom. The van der Waals surface area contributed by atoms with Gasteiger partial charge in [0, 0.05) is 30.2 Å². The Balaban J connectivity index is 1.70. The lowest BCUT2D eigenvalue weighted by molar-refractivity contribution is -0.148. The van der Waals surface area contributed by atoms with E-state index in [1.807, 2.05) is 4.90 Å². The molecule has 6 heteroatoms. The molecule has 22 heavy (non-hydrogen) atoms. The van der Waals surface area contributed by atoms with Gasteiger partial charge in [0.05, 0.1) is 13.0 Å². The summed E-state index contributed by atoms with van der Waals surface area (Å²) < 4.78 is 17.5. The van der Waals surface area contributed by atoms with Crippen molar-refractivity contribution in [3.63, 3.8) is 0 Å². The third kappa shape index (κ3) is 4.73. The molecule has 1 amide bonds. The third-order valence-electron chi connectivity index (χ3n) is 3.78. The molecule has 0 bridgehead atoms. The number of halogens is 1. The summed E-state index contributed by atoms with van der Waals surface area (Å²) in [7, 11) is 1.40. The number of rotatable bonds is 5. The lowest BCUT2D eigenvalue weighted by Crippen LogP contribution is -2.40. The van der Waals surface area contributed by atoms with E-state index in [-0.39, 0.29) is 23.6 Å². The molecule has 1 aliphatic rings. The predicted molar refractivity (Wildman–Crippen MR) is 83.1 cm³/mol. The third-order valence-corrected chi connectivity index (χ3v) is 4.79. The number of hydrogen-bond acceptors (Lipinski definition) is 4. The number of methoxy groups -OCH3 is 1. The maximum absolute atomic E-state index is 12.8. The molecule has 1 aromatic rings. The highest BCUT2D eigenvalue weighted by Gasteiger charge is 2.27. The van der Waals surface area contributed by atoms with Gasteiger partial charge in [-0.05, 0) is 37.1 Å². The van der Waals surface area contributed by atoms with Crippen LogP contribution in [-0.2, 0) is 14.3 Å². The molecule has 1 fully saturated rings. The van der Waals surface area contributed by atoms with E-state index < -0.39 is 0 Å². The number of hydrogen-bond donors (Lipinski definition) is 0. The second kappa shape index (κ2) is 8.17. The zero-order valence-corrected chi connectivity index (χ0v) is 13.4. The van der Waals surface area contributed by atoms with Crippen molar-refractivity contribution in [2.45, 2.75) is 24.2 Å². The van der Waals surface area contributed by atoms with E-state index in [1.54, 1.807) is 23.9 Å². The molecule has 0 aromatic heterocycles. The lowest BCUT2D eigenvalue weighted by atomic mass is 9.97. The van der Waals surface area contributed by atoms with Gasteiger partial charge in [-0.1, -0.05) is 0 Å². The number of likely N-dealkylation sites (tertiary alicyclic amines) is 1. The Bertz CT molecular complexity index is 513. The first-order valence-electron chi connectivity index (χ1n) is 7.34. The summed E-state index contributed by atoms with van der Waals surface area (Å²) in [5.41, 5.74) is 0. The van der Waals surface area contributed by atoms with E-state index >= 15 is 0 Å². The van der Waals surface area contributed by atoms with Gasteiger partial charge in [-0.25, -0.2) is 4.39 Å². The summed E-state index contributed by atoms with van der Waals surface area (Å²) in [5.74, 6) is 0.259. The van der Waals surface area contributed by atoms with Gasteiger partial charge in [-0.2, -0.15) is 0 Å². The van der Waals surface area contributed by atoms with Gasteiger partial charge in [0.25, 0.3) is 0 Å². The first-order valence-corrected chi connectivity index (χ1v) is 8.32. The first-order chi connectivity index (χ1) is 10.6. The number of thioether (sulfide) groups is 1. The van der Waals surface area contributed by atoms with Gasteiger partial charge in [0.2, 0.25) is 5.91 Å². The lowest BCUT2D eigenvalue weighted by Gasteiger charge is -2.30. The molecular weight excluding hydrogens is 305 g/mol. The highest BCUT2D eigenvalue weighted by atomic mass is 32.2. The highest BCUT2D eigenvalue weighted by Crippen LogP contribution is 2.22. The molecule has 0 unspecified atom stereocenters. The Morgan fingerprint density at radius 3 is 2.50 bits per heavy atom. The fourth-order valence-electron chi connectivity index (χ4n) is 2.48. The molecule has 0 N–H and O–H groups in total. The van der Waals surface area contributed by atoms with E-state index in [4.69, 9.17) is 4.74 Å². The molecule has 120 valence electrons. The molecule has 0 atom stereocenters. The predicted octanol–water partition coefficient (Wildman–Crippen LogP) is 2.72. The van der Waals surface area contributed by atoms with Crippen molar-refractivity contribution in [3.8, 4) is 0 Å². The number of ether oxygens (including phenoxy) is 1. The van der Waals surface area contributed by atoms with Crippen LogP contribution in [0.3, 0.4) is 0 Å². The van der Waals surface area contributed by atoms with Crippen LogP contribution in [0.25, 0.3) is 0 Å². The van der Waals surface area contributed by atoms with E-state index in [1.165, 1.54) is 19.2 Å². The van der Waals surface area contributed by atoms with Crippen molar-refractivity contribution in [1.82, 2.24) is 4.90 Å². The van der Waals surface area contributed by atoms with Gasteiger partial charge in [0.1, 0.15) is 5.82 Å². The van der Waals surface area contributed by atoms with Gasteiger partial charge in [-0.15, -0.1) is 11.8 Å². The smallest absolute Gasteiger partial charge is 0.308 e. The van der Waals surface area contributed by atoms with Crippen molar-refractivity contribution in [3.05, 3.63) is 30.1 Å². The normalized spacial score (nSPS) is 15.6. The highest BCUT2D eigenvalue weighted by molar-refractivity contribution is 7.99.